The molecule has 0 saturated heterocycles. The van der Waals surface area contributed by atoms with Gasteiger partial charge in [0.1, 0.15) is 12.1 Å². The summed E-state index contributed by atoms with van der Waals surface area (Å²) in [7, 11) is 1.53. The maximum atomic E-state index is 5.74. The van der Waals surface area contributed by atoms with Gasteiger partial charge in [-0.2, -0.15) is 0 Å². The van der Waals surface area contributed by atoms with Crippen LogP contribution in [-0.2, 0) is 0 Å². The summed E-state index contributed by atoms with van der Waals surface area (Å²) >= 11 is 0. The van der Waals surface area contributed by atoms with Crippen molar-refractivity contribution in [2.75, 3.05) is 18.2 Å². The zero-order chi connectivity index (χ0) is 14.0. The molecular formula is C12H17N5O2. The van der Waals surface area contributed by atoms with Crippen molar-refractivity contribution in [1.29, 1.82) is 0 Å². The Morgan fingerprint density at radius 1 is 1.37 bits per heavy atom. The summed E-state index contributed by atoms with van der Waals surface area (Å²) in [5.74, 6) is 2.05. The molecule has 0 aliphatic carbocycles. The molecule has 19 heavy (non-hydrogen) atoms. The van der Waals surface area contributed by atoms with Gasteiger partial charge in [0, 0.05) is 5.56 Å². The van der Waals surface area contributed by atoms with Crippen molar-refractivity contribution in [3.8, 4) is 5.75 Å². The van der Waals surface area contributed by atoms with Crippen LogP contribution in [0, 0.1) is 13.8 Å². The van der Waals surface area contributed by atoms with Gasteiger partial charge in [-0.25, -0.2) is 9.97 Å². The van der Waals surface area contributed by atoms with Crippen LogP contribution in [-0.4, -0.2) is 22.2 Å². The number of hydrogen-bond donors (Lipinski definition) is 2. The van der Waals surface area contributed by atoms with Crippen LogP contribution in [0.3, 0.4) is 0 Å². The second kappa shape index (κ2) is 5.13. The Balaban J connectivity index is 2.29. The van der Waals surface area contributed by atoms with Crippen LogP contribution in [0.4, 0.5) is 11.6 Å². The number of ether oxygens (including phenoxy) is 1. The lowest BCUT2D eigenvalue weighted by Gasteiger charge is -2.16. The standard InChI is InChI=1S/C12H17N5O2/c1-6(9-7(2)17-19-8(9)3)16-12-10(18-4)11(13)14-5-15-12/h5-6H,1-4H3,(H3,13,14,15,16). The molecule has 0 fully saturated rings. The van der Waals surface area contributed by atoms with Gasteiger partial charge in [0.25, 0.3) is 0 Å². The summed E-state index contributed by atoms with van der Waals surface area (Å²) in [6, 6.07) is -0.0329. The van der Waals surface area contributed by atoms with Gasteiger partial charge in [-0.05, 0) is 20.8 Å². The van der Waals surface area contributed by atoms with Crippen LogP contribution in [0.1, 0.15) is 30.0 Å². The molecule has 2 aromatic rings. The SMILES string of the molecule is COc1c(N)ncnc1NC(C)c1c(C)noc1C. The number of nitrogens with one attached hydrogen (secondary N) is 1. The largest absolute Gasteiger partial charge is 0.490 e. The Morgan fingerprint density at radius 2 is 2.11 bits per heavy atom. The van der Waals surface area contributed by atoms with E-state index in [9.17, 15) is 0 Å². The smallest absolute Gasteiger partial charge is 0.203 e. The van der Waals surface area contributed by atoms with Crippen LogP contribution in [0.5, 0.6) is 5.75 Å². The Morgan fingerprint density at radius 3 is 2.68 bits per heavy atom. The first-order valence-electron chi connectivity index (χ1n) is 5.88. The van der Waals surface area contributed by atoms with Crippen molar-refractivity contribution in [3.63, 3.8) is 0 Å². The first kappa shape index (κ1) is 13.1. The maximum Gasteiger partial charge on any atom is 0.203 e. The number of nitrogens with zero attached hydrogens (tertiary/aromatic N) is 3. The van der Waals surface area contributed by atoms with Crippen LogP contribution >= 0.6 is 0 Å². The molecule has 0 radical (unpaired) electrons. The predicted molar refractivity (Wildman–Crippen MR) is 71.0 cm³/mol. The van der Waals surface area contributed by atoms with Gasteiger partial charge >= 0.3 is 0 Å². The summed E-state index contributed by atoms with van der Waals surface area (Å²) in [6.45, 7) is 5.76. The molecule has 0 saturated carbocycles. The maximum absolute atomic E-state index is 5.74. The molecule has 7 nitrogen and oxygen atoms in total. The molecule has 3 N–H and O–H groups in total. The van der Waals surface area contributed by atoms with Crippen molar-refractivity contribution in [3.05, 3.63) is 23.3 Å². The number of aromatic nitrogens is 3. The first-order chi connectivity index (χ1) is 9.04. The Labute approximate surface area is 111 Å². The quantitative estimate of drug-likeness (QED) is 0.868. The zero-order valence-corrected chi connectivity index (χ0v) is 11.4. The van der Waals surface area contributed by atoms with Crippen molar-refractivity contribution in [2.45, 2.75) is 26.8 Å². The predicted octanol–water partition coefficient (Wildman–Crippen LogP) is 1.85. The summed E-state index contributed by atoms with van der Waals surface area (Å²) in [5, 5.41) is 7.17. The highest BCUT2D eigenvalue weighted by atomic mass is 16.5. The third-order valence-electron chi connectivity index (χ3n) is 2.91. The van der Waals surface area contributed by atoms with E-state index in [1.165, 1.54) is 13.4 Å². The van der Waals surface area contributed by atoms with E-state index < -0.39 is 0 Å². The Kier molecular flexibility index (Phi) is 3.55. The van der Waals surface area contributed by atoms with Gasteiger partial charge in [0.2, 0.25) is 5.75 Å². The number of hydrogen-bond acceptors (Lipinski definition) is 7. The molecule has 0 spiro atoms. The summed E-state index contributed by atoms with van der Waals surface area (Å²) in [5.41, 5.74) is 7.58. The van der Waals surface area contributed by atoms with Crippen LogP contribution < -0.4 is 15.8 Å². The minimum Gasteiger partial charge on any atom is -0.490 e. The Bertz CT molecular complexity index is 562. The molecule has 0 aromatic carbocycles. The van der Waals surface area contributed by atoms with Gasteiger partial charge in [-0.15, -0.1) is 0 Å². The van der Waals surface area contributed by atoms with Crippen molar-refractivity contribution < 1.29 is 9.26 Å². The van der Waals surface area contributed by atoms with Gasteiger partial charge < -0.3 is 20.3 Å². The number of anilines is 2. The second-order valence-electron chi connectivity index (χ2n) is 4.24. The van der Waals surface area contributed by atoms with Gasteiger partial charge in [0.15, 0.2) is 11.6 Å². The van der Waals surface area contributed by atoms with Crippen LogP contribution in [0.15, 0.2) is 10.9 Å². The number of nitrogens with two attached hydrogens (primary N) is 1. The fraction of sp³-hybridized carbons (Fsp3) is 0.417. The van der Waals surface area contributed by atoms with E-state index in [2.05, 4.69) is 20.4 Å². The first-order valence-corrected chi connectivity index (χ1v) is 5.88. The summed E-state index contributed by atoms with van der Waals surface area (Å²) in [6.07, 6.45) is 1.39. The van der Waals surface area contributed by atoms with Crippen molar-refractivity contribution in [2.24, 2.45) is 0 Å². The number of rotatable bonds is 4. The molecule has 0 bridgehead atoms. The van der Waals surface area contributed by atoms with E-state index in [0.29, 0.717) is 17.4 Å². The normalized spacial score (nSPS) is 12.2. The molecule has 1 unspecified atom stereocenters. The van der Waals surface area contributed by atoms with E-state index in [4.69, 9.17) is 15.0 Å². The fourth-order valence-electron chi connectivity index (χ4n) is 2.08. The topological polar surface area (TPSA) is 99.1 Å². The lowest BCUT2D eigenvalue weighted by molar-refractivity contribution is 0.391. The summed E-state index contributed by atoms with van der Waals surface area (Å²) < 4.78 is 10.4. The van der Waals surface area contributed by atoms with Crippen molar-refractivity contribution in [1.82, 2.24) is 15.1 Å². The minimum atomic E-state index is -0.0329. The second-order valence-corrected chi connectivity index (χ2v) is 4.24. The van der Waals surface area contributed by atoms with E-state index in [0.717, 1.165) is 17.0 Å². The van der Waals surface area contributed by atoms with Crippen molar-refractivity contribution >= 4 is 11.6 Å². The third kappa shape index (κ3) is 2.44. The van der Waals surface area contributed by atoms with Gasteiger partial charge in [0.05, 0.1) is 18.8 Å². The zero-order valence-electron chi connectivity index (χ0n) is 11.4. The average molecular weight is 263 g/mol. The molecule has 7 heteroatoms. The molecule has 0 aliphatic heterocycles. The van der Waals surface area contributed by atoms with E-state index in [1.807, 2.05) is 20.8 Å². The highest BCUT2D eigenvalue weighted by Gasteiger charge is 2.19. The molecule has 2 heterocycles. The highest BCUT2D eigenvalue weighted by molar-refractivity contribution is 5.62. The monoisotopic (exact) mass is 263 g/mol. The molecule has 0 amide bonds. The molecule has 2 rings (SSSR count). The van der Waals surface area contributed by atoms with E-state index in [-0.39, 0.29) is 6.04 Å². The fourth-order valence-corrected chi connectivity index (χ4v) is 2.08. The molecular weight excluding hydrogens is 246 g/mol. The van der Waals surface area contributed by atoms with Gasteiger partial charge in [-0.1, -0.05) is 5.16 Å². The Hall–Kier alpha value is -2.31. The van der Waals surface area contributed by atoms with E-state index in [1.54, 1.807) is 0 Å². The third-order valence-corrected chi connectivity index (χ3v) is 2.91. The molecule has 102 valence electrons. The molecule has 0 aliphatic rings. The highest BCUT2D eigenvalue weighted by Crippen LogP contribution is 2.31. The molecule has 1 atom stereocenters. The summed E-state index contributed by atoms with van der Waals surface area (Å²) in [4.78, 5) is 8.03. The number of methoxy groups -OCH3 is 1. The lowest BCUT2D eigenvalue weighted by atomic mass is 10.1. The number of nitrogen functional groups attached to an aromatic ring is 1. The number of aryl methyl sites for hydroxylation is 2. The lowest BCUT2D eigenvalue weighted by Crippen LogP contribution is -2.12. The molecule has 2 aromatic heterocycles. The minimum absolute atomic E-state index is 0.0329. The average Bonchev–Trinajstić information content (AvgIpc) is 2.69. The van der Waals surface area contributed by atoms with Crippen LogP contribution in [0.25, 0.3) is 0 Å². The van der Waals surface area contributed by atoms with Gasteiger partial charge in [-0.3, -0.25) is 0 Å². The van der Waals surface area contributed by atoms with Crippen LogP contribution in [0.2, 0.25) is 0 Å². The van der Waals surface area contributed by atoms with E-state index >= 15 is 0 Å².